The maximum atomic E-state index is 13.7. The van der Waals surface area contributed by atoms with Gasteiger partial charge in [-0.3, -0.25) is 29.3 Å². The highest BCUT2D eigenvalue weighted by atomic mass is 16.6. The minimum Gasteiger partial charge on any atom is -0.458 e. The van der Waals surface area contributed by atoms with Crippen molar-refractivity contribution >= 4 is 23.7 Å². The van der Waals surface area contributed by atoms with Crippen LogP contribution in [0.4, 0.5) is 5.95 Å². The average molecular weight is 516 g/mol. The van der Waals surface area contributed by atoms with Crippen LogP contribution in [-0.4, -0.2) is 55.4 Å². The lowest BCUT2D eigenvalue weighted by molar-refractivity contribution is -0.152. The number of carbonyl (C=O) groups is 3. The monoisotopic (exact) mass is 515 g/mol. The molecular formula is C29H33N5O4. The predicted octanol–water partition coefficient (Wildman–Crippen LogP) is 4.29. The van der Waals surface area contributed by atoms with E-state index < -0.39 is 11.5 Å². The molecule has 198 valence electrons. The number of pyridine rings is 1. The number of rotatable bonds is 7. The highest BCUT2D eigenvalue weighted by molar-refractivity contribution is 5.95. The Morgan fingerprint density at radius 2 is 1.89 bits per heavy atom. The molecule has 0 bridgehead atoms. The van der Waals surface area contributed by atoms with Gasteiger partial charge in [0.05, 0.1) is 29.9 Å². The molecule has 9 heteroatoms. The van der Waals surface area contributed by atoms with Crippen LogP contribution in [0.1, 0.15) is 51.6 Å². The van der Waals surface area contributed by atoms with Crippen LogP contribution in [0.5, 0.6) is 0 Å². The number of aryl methyl sites for hydroxylation is 1. The molecule has 5 rings (SSSR count). The average Bonchev–Trinajstić information content (AvgIpc) is 3.62. The zero-order valence-corrected chi connectivity index (χ0v) is 22.0. The predicted molar refractivity (Wildman–Crippen MR) is 142 cm³/mol. The molecule has 3 heterocycles. The molecule has 9 nitrogen and oxygen atoms in total. The van der Waals surface area contributed by atoms with Crippen molar-refractivity contribution in [2.45, 2.75) is 64.5 Å². The molecule has 1 spiro atoms. The van der Waals surface area contributed by atoms with Crippen molar-refractivity contribution in [3.05, 3.63) is 60.6 Å². The number of esters is 1. The van der Waals surface area contributed by atoms with Gasteiger partial charge in [0.15, 0.2) is 0 Å². The number of amides is 2. The maximum Gasteiger partial charge on any atom is 0.307 e. The van der Waals surface area contributed by atoms with E-state index in [4.69, 9.17) is 9.72 Å². The van der Waals surface area contributed by atoms with Gasteiger partial charge in [-0.15, -0.1) is 0 Å². The zero-order chi connectivity index (χ0) is 26.9. The minimum atomic E-state index is -0.725. The summed E-state index contributed by atoms with van der Waals surface area (Å²) in [4.78, 5) is 49.8. The fraction of sp³-hybridized carbons (Fsp3) is 0.414. The molecule has 1 aromatic carbocycles. The lowest BCUT2D eigenvalue weighted by Gasteiger charge is -2.34. The number of hydrogen-bond donors (Lipinski definition) is 1. The smallest absolute Gasteiger partial charge is 0.307 e. The van der Waals surface area contributed by atoms with Gasteiger partial charge >= 0.3 is 5.97 Å². The fourth-order valence-electron chi connectivity index (χ4n) is 5.48. The van der Waals surface area contributed by atoms with E-state index in [0.29, 0.717) is 24.5 Å². The molecule has 1 aliphatic heterocycles. The molecule has 1 unspecified atom stereocenters. The summed E-state index contributed by atoms with van der Waals surface area (Å²) < 4.78 is 7.47. The quantitative estimate of drug-likeness (QED) is 0.471. The van der Waals surface area contributed by atoms with E-state index in [0.717, 1.165) is 29.8 Å². The van der Waals surface area contributed by atoms with Crippen molar-refractivity contribution in [1.29, 1.82) is 0 Å². The SMILES string of the molecule is Cc1ccc(-n2cc(-c3ccccc3)nc2NC(=O)CN(C(=O)C2CC(=O)OC23CCCC3)C(C)C)cn1. The van der Waals surface area contributed by atoms with Crippen LogP contribution in [0.15, 0.2) is 54.9 Å². The highest BCUT2D eigenvalue weighted by Gasteiger charge is 2.55. The first-order valence-corrected chi connectivity index (χ1v) is 13.2. The van der Waals surface area contributed by atoms with Gasteiger partial charge in [0, 0.05) is 23.5 Å². The van der Waals surface area contributed by atoms with E-state index in [9.17, 15) is 14.4 Å². The summed E-state index contributed by atoms with van der Waals surface area (Å²) in [5, 5.41) is 2.91. The van der Waals surface area contributed by atoms with Crippen molar-refractivity contribution < 1.29 is 19.1 Å². The normalized spacial score (nSPS) is 18.1. The van der Waals surface area contributed by atoms with Crippen LogP contribution in [0.25, 0.3) is 16.9 Å². The summed E-state index contributed by atoms with van der Waals surface area (Å²) >= 11 is 0. The molecule has 2 aliphatic rings. The van der Waals surface area contributed by atoms with Crippen LogP contribution in [0.2, 0.25) is 0 Å². The second kappa shape index (κ2) is 10.4. The van der Waals surface area contributed by atoms with Crippen LogP contribution < -0.4 is 5.32 Å². The van der Waals surface area contributed by atoms with Gasteiger partial charge in [0.2, 0.25) is 17.8 Å². The molecule has 1 saturated heterocycles. The number of aromatic nitrogens is 3. The van der Waals surface area contributed by atoms with Gasteiger partial charge in [-0.05, 0) is 58.6 Å². The van der Waals surface area contributed by atoms with Crippen molar-refractivity contribution in [2.24, 2.45) is 5.92 Å². The van der Waals surface area contributed by atoms with Gasteiger partial charge in [0.25, 0.3) is 0 Å². The van der Waals surface area contributed by atoms with Crippen molar-refractivity contribution in [2.75, 3.05) is 11.9 Å². The number of ether oxygens (including phenoxy) is 1. The summed E-state index contributed by atoms with van der Waals surface area (Å²) in [5.74, 6) is -1.14. The van der Waals surface area contributed by atoms with Crippen LogP contribution in [-0.2, 0) is 19.1 Å². The number of nitrogens with one attached hydrogen (secondary N) is 1. The third-order valence-corrected chi connectivity index (χ3v) is 7.49. The Morgan fingerprint density at radius 1 is 1.16 bits per heavy atom. The van der Waals surface area contributed by atoms with Crippen molar-refractivity contribution in [3.63, 3.8) is 0 Å². The molecule has 2 aromatic heterocycles. The third kappa shape index (κ3) is 5.05. The first-order valence-electron chi connectivity index (χ1n) is 13.2. The molecule has 2 amide bonds. The Kier molecular flexibility index (Phi) is 7.01. The molecule has 1 saturated carbocycles. The molecule has 1 aliphatic carbocycles. The lowest BCUT2D eigenvalue weighted by Crippen LogP contribution is -2.50. The van der Waals surface area contributed by atoms with E-state index >= 15 is 0 Å². The summed E-state index contributed by atoms with van der Waals surface area (Å²) in [5.41, 5.74) is 2.51. The number of benzene rings is 1. The number of imidazole rings is 1. The fourth-order valence-corrected chi connectivity index (χ4v) is 5.48. The Labute approximate surface area is 222 Å². The van der Waals surface area contributed by atoms with Crippen LogP contribution in [0, 0.1) is 12.8 Å². The largest absolute Gasteiger partial charge is 0.458 e. The van der Waals surface area contributed by atoms with Gasteiger partial charge in [-0.25, -0.2) is 4.98 Å². The third-order valence-electron chi connectivity index (χ3n) is 7.49. The van der Waals surface area contributed by atoms with Gasteiger partial charge in [-0.2, -0.15) is 0 Å². The summed E-state index contributed by atoms with van der Waals surface area (Å²) in [6.45, 7) is 5.50. The van der Waals surface area contributed by atoms with E-state index in [1.54, 1.807) is 15.7 Å². The van der Waals surface area contributed by atoms with Gasteiger partial charge in [-0.1, -0.05) is 30.3 Å². The maximum absolute atomic E-state index is 13.7. The minimum absolute atomic E-state index is 0.0644. The molecule has 2 fully saturated rings. The van der Waals surface area contributed by atoms with Crippen molar-refractivity contribution in [1.82, 2.24) is 19.4 Å². The summed E-state index contributed by atoms with van der Waals surface area (Å²) in [7, 11) is 0. The van der Waals surface area contributed by atoms with E-state index in [-0.39, 0.29) is 36.8 Å². The first-order chi connectivity index (χ1) is 18.3. The van der Waals surface area contributed by atoms with E-state index in [1.807, 2.05) is 69.4 Å². The van der Waals surface area contributed by atoms with Crippen LogP contribution in [0.3, 0.4) is 0 Å². The number of carbonyl (C=O) groups excluding carboxylic acids is 3. The number of anilines is 1. The Hall–Kier alpha value is -4.01. The first kappa shape index (κ1) is 25.6. The molecule has 1 N–H and O–H groups in total. The zero-order valence-electron chi connectivity index (χ0n) is 22.0. The number of nitrogens with zero attached hydrogens (tertiary/aromatic N) is 4. The van der Waals surface area contributed by atoms with Crippen molar-refractivity contribution in [3.8, 4) is 16.9 Å². The summed E-state index contributed by atoms with van der Waals surface area (Å²) in [6.07, 6.45) is 6.89. The molecular weight excluding hydrogens is 482 g/mol. The topological polar surface area (TPSA) is 106 Å². The molecule has 38 heavy (non-hydrogen) atoms. The van der Waals surface area contributed by atoms with E-state index in [1.165, 1.54) is 0 Å². The Bertz CT molecular complexity index is 1330. The van der Waals surface area contributed by atoms with Crippen LogP contribution >= 0.6 is 0 Å². The Morgan fingerprint density at radius 3 is 2.55 bits per heavy atom. The lowest BCUT2D eigenvalue weighted by atomic mass is 9.84. The van der Waals surface area contributed by atoms with Gasteiger partial charge in [0.1, 0.15) is 12.1 Å². The standard InChI is InChI=1S/C29H33N5O4/c1-19(2)33(27(37)23-15-26(36)38-29(23)13-7-8-14-29)18-25(35)32-28-31-24(21-9-5-4-6-10-21)17-34(28)22-12-11-20(3)30-16-22/h4-6,9-12,16-17,19,23H,7-8,13-15,18H2,1-3H3,(H,31,32,35). The van der Waals surface area contributed by atoms with E-state index in [2.05, 4.69) is 10.3 Å². The molecule has 3 aromatic rings. The second-order valence-corrected chi connectivity index (χ2v) is 10.5. The second-order valence-electron chi connectivity index (χ2n) is 10.5. The molecule has 1 atom stereocenters. The Balaban J connectivity index is 1.39. The highest BCUT2D eigenvalue weighted by Crippen LogP contribution is 2.46. The van der Waals surface area contributed by atoms with Gasteiger partial charge < -0.3 is 9.64 Å². The number of hydrogen-bond acceptors (Lipinski definition) is 6. The molecule has 0 radical (unpaired) electrons. The summed E-state index contributed by atoms with van der Waals surface area (Å²) in [6, 6.07) is 13.3.